The number of aromatic nitrogens is 2. The molecule has 0 saturated carbocycles. The molecule has 0 spiro atoms. The zero-order valence-corrected chi connectivity index (χ0v) is 14.2. The zero-order valence-electron chi connectivity index (χ0n) is 14.2. The van der Waals surface area contributed by atoms with Crippen LogP contribution >= 0.6 is 0 Å². The lowest BCUT2D eigenvalue weighted by Crippen LogP contribution is -1.99. The van der Waals surface area contributed by atoms with Gasteiger partial charge in [0.15, 0.2) is 0 Å². The fourth-order valence-electron chi connectivity index (χ4n) is 3.25. The highest BCUT2D eigenvalue weighted by atomic mass is 14.8. The van der Waals surface area contributed by atoms with E-state index in [1.165, 1.54) is 33.2 Å². The first-order valence-corrected chi connectivity index (χ1v) is 8.35. The summed E-state index contributed by atoms with van der Waals surface area (Å²) >= 11 is 0. The predicted octanol–water partition coefficient (Wildman–Crippen LogP) is 4.44. The van der Waals surface area contributed by atoms with Gasteiger partial charge in [-0.05, 0) is 75.4 Å². The molecule has 0 bridgehead atoms. The third-order valence-corrected chi connectivity index (χ3v) is 4.41. The minimum atomic E-state index is 0.749. The number of nitrogens with one attached hydrogen (secondary N) is 1. The fraction of sp³-hybridized carbons (Fsp3) is 0.350. The second-order valence-electron chi connectivity index (χ2n) is 6.45. The minimum absolute atomic E-state index is 0.749. The van der Waals surface area contributed by atoms with Gasteiger partial charge in [-0.3, -0.25) is 4.98 Å². The number of nitrogens with two attached hydrogens (primary N) is 1. The molecule has 0 atom stereocenters. The van der Waals surface area contributed by atoms with E-state index in [1.54, 1.807) is 0 Å². The summed E-state index contributed by atoms with van der Waals surface area (Å²) in [5.41, 5.74) is 14.2. The van der Waals surface area contributed by atoms with E-state index in [4.69, 9.17) is 5.73 Å². The highest BCUT2D eigenvalue weighted by Crippen LogP contribution is 2.33. The standard InChI is InChI=1S/C20H25N3/c1-13-7-8-18(22-12-13)20-16(6-4-5-9-21)17-11-14(2)10-15(3)19(17)23-20/h7-8,10-12,23H,4-6,9,21H2,1-3H3. The van der Waals surface area contributed by atoms with Crippen LogP contribution in [0.1, 0.15) is 35.1 Å². The van der Waals surface area contributed by atoms with Crippen LogP contribution in [0.15, 0.2) is 30.5 Å². The normalized spacial score (nSPS) is 11.3. The Morgan fingerprint density at radius 2 is 1.87 bits per heavy atom. The molecule has 1 aromatic carbocycles. The maximum absolute atomic E-state index is 5.67. The molecular formula is C20H25N3. The number of fused-ring (bicyclic) bond motifs is 1. The molecule has 23 heavy (non-hydrogen) atoms. The predicted molar refractivity (Wildman–Crippen MR) is 97.7 cm³/mol. The van der Waals surface area contributed by atoms with Crippen molar-refractivity contribution in [2.75, 3.05) is 6.54 Å². The van der Waals surface area contributed by atoms with Crippen LogP contribution in [0.4, 0.5) is 0 Å². The van der Waals surface area contributed by atoms with E-state index in [2.05, 4.69) is 55.0 Å². The van der Waals surface area contributed by atoms with Gasteiger partial charge in [0.05, 0.1) is 11.4 Å². The molecule has 3 nitrogen and oxygen atoms in total. The lowest BCUT2D eigenvalue weighted by molar-refractivity contribution is 0.748. The van der Waals surface area contributed by atoms with E-state index in [-0.39, 0.29) is 0 Å². The van der Waals surface area contributed by atoms with Crippen molar-refractivity contribution in [3.63, 3.8) is 0 Å². The monoisotopic (exact) mass is 307 g/mol. The molecule has 0 aliphatic carbocycles. The molecule has 120 valence electrons. The quantitative estimate of drug-likeness (QED) is 0.685. The number of unbranched alkanes of at least 4 members (excludes halogenated alkanes) is 1. The fourth-order valence-corrected chi connectivity index (χ4v) is 3.25. The van der Waals surface area contributed by atoms with Crippen molar-refractivity contribution in [3.8, 4) is 11.4 Å². The SMILES string of the molecule is Cc1ccc(-c2[nH]c3c(C)cc(C)cc3c2CCCCN)nc1. The van der Waals surface area contributed by atoms with Gasteiger partial charge in [0.1, 0.15) is 0 Å². The summed E-state index contributed by atoms with van der Waals surface area (Å²) in [6.07, 6.45) is 5.13. The number of hydrogen-bond acceptors (Lipinski definition) is 2. The zero-order chi connectivity index (χ0) is 16.4. The minimum Gasteiger partial charge on any atom is -0.353 e. The van der Waals surface area contributed by atoms with E-state index in [1.807, 2.05) is 6.20 Å². The van der Waals surface area contributed by atoms with Crippen molar-refractivity contribution in [2.45, 2.75) is 40.0 Å². The molecule has 0 saturated heterocycles. The number of benzene rings is 1. The molecular weight excluding hydrogens is 282 g/mol. The lowest BCUT2D eigenvalue weighted by Gasteiger charge is -2.05. The van der Waals surface area contributed by atoms with Gasteiger partial charge in [0, 0.05) is 17.1 Å². The van der Waals surface area contributed by atoms with E-state index in [0.717, 1.165) is 37.2 Å². The summed E-state index contributed by atoms with van der Waals surface area (Å²) in [6, 6.07) is 8.74. The summed E-state index contributed by atoms with van der Waals surface area (Å²) in [5, 5.41) is 1.33. The Morgan fingerprint density at radius 1 is 1.04 bits per heavy atom. The summed E-state index contributed by atoms with van der Waals surface area (Å²) < 4.78 is 0. The molecule has 2 aromatic heterocycles. The molecule has 0 amide bonds. The second-order valence-corrected chi connectivity index (χ2v) is 6.45. The average molecular weight is 307 g/mol. The molecule has 3 rings (SSSR count). The summed E-state index contributed by atoms with van der Waals surface area (Å²) in [5.74, 6) is 0. The highest BCUT2D eigenvalue weighted by molar-refractivity contribution is 5.92. The Hall–Kier alpha value is -2.13. The van der Waals surface area contributed by atoms with E-state index < -0.39 is 0 Å². The van der Waals surface area contributed by atoms with Gasteiger partial charge < -0.3 is 10.7 Å². The number of hydrogen-bond donors (Lipinski definition) is 2. The molecule has 3 N–H and O–H groups in total. The Bertz CT molecular complexity index is 813. The number of aryl methyl sites for hydroxylation is 4. The topological polar surface area (TPSA) is 54.7 Å². The largest absolute Gasteiger partial charge is 0.353 e. The van der Waals surface area contributed by atoms with E-state index in [0.29, 0.717) is 0 Å². The third-order valence-electron chi connectivity index (χ3n) is 4.41. The molecule has 0 fully saturated rings. The van der Waals surface area contributed by atoms with Crippen LogP contribution in [0.5, 0.6) is 0 Å². The third kappa shape index (κ3) is 3.15. The van der Waals surface area contributed by atoms with Crippen molar-refractivity contribution in [1.29, 1.82) is 0 Å². The van der Waals surface area contributed by atoms with E-state index in [9.17, 15) is 0 Å². The number of aromatic amines is 1. The Morgan fingerprint density at radius 3 is 2.57 bits per heavy atom. The van der Waals surface area contributed by atoms with Gasteiger partial charge in [0.25, 0.3) is 0 Å². The van der Waals surface area contributed by atoms with Crippen LogP contribution in [-0.4, -0.2) is 16.5 Å². The molecule has 3 aromatic rings. The van der Waals surface area contributed by atoms with Crippen molar-refractivity contribution in [3.05, 3.63) is 52.7 Å². The van der Waals surface area contributed by atoms with Crippen LogP contribution in [0, 0.1) is 20.8 Å². The van der Waals surface area contributed by atoms with Gasteiger partial charge in [-0.2, -0.15) is 0 Å². The van der Waals surface area contributed by atoms with Crippen LogP contribution in [0.25, 0.3) is 22.3 Å². The van der Waals surface area contributed by atoms with Crippen molar-refractivity contribution in [1.82, 2.24) is 9.97 Å². The van der Waals surface area contributed by atoms with Crippen molar-refractivity contribution < 1.29 is 0 Å². The first-order valence-electron chi connectivity index (χ1n) is 8.35. The smallest absolute Gasteiger partial charge is 0.0867 e. The van der Waals surface area contributed by atoms with Crippen LogP contribution in [-0.2, 0) is 6.42 Å². The molecule has 0 radical (unpaired) electrons. The summed E-state index contributed by atoms with van der Waals surface area (Å²) in [7, 11) is 0. The first-order chi connectivity index (χ1) is 11.1. The van der Waals surface area contributed by atoms with Gasteiger partial charge in [-0.1, -0.05) is 17.7 Å². The van der Waals surface area contributed by atoms with Crippen LogP contribution < -0.4 is 5.73 Å². The van der Waals surface area contributed by atoms with Gasteiger partial charge in [0.2, 0.25) is 0 Å². The summed E-state index contributed by atoms with van der Waals surface area (Å²) in [6.45, 7) is 7.14. The molecule has 0 unspecified atom stereocenters. The first kappa shape index (κ1) is 15.8. The van der Waals surface area contributed by atoms with Crippen molar-refractivity contribution in [2.24, 2.45) is 5.73 Å². The molecule has 0 aliphatic heterocycles. The maximum atomic E-state index is 5.67. The van der Waals surface area contributed by atoms with Gasteiger partial charge >= 0.3 is 0 Å². The molecule has 3 heteroatoms. The Labute approximate surface area is 137 Å². The van der Waals surface area contributed by atoms with E-state index >= 15 is 0 Å². The maximum Gasteiger partial charge on any atom is 0.0867 e. The number of nitrogens with zero attached hydrogens (tertiary/aromatic N) is 1. The van der Waals surface area contributed by atoms with Crippen molar-refractivity contribution >= 4 is 10.9 Å². The number of H-pyrrole nitrogens is 1. The second kappa shape index (κ2) is 6.55. The number of pyridine rings is 1. The number of rotatable bonds is 5. The van der Waals surface area contributed by atoms with Gasteiger partial charge in [-0.15, -0.1) is 0 Å². The lowest BCUT2D eigenvalue weighted by atomic mass is 10.00. The summed E-state index contributed by atoms with van der Waals surface area (Å²) in [4.78, 5) is 8.26. The van der Waals surface area contributed by atoms with Crippen LogP contribution in [0.3, 0.4) is 0 Å². The van der Waals surface area contributed by atoms with Gasteiger partial charge in [-0.25, -0.2) is 0 Å². The Kier molecular flexibility index (Phi) is 4.49. The molecule has 0 aliphatic rings. The average Bonchev–Trinajstić information content (AvgIpc) is 2.87. The highest BCUT2D eigenvalue weighted by Gasteiger charge is 2.15. The van der Waals surface area contributed by atoms with Crippen LogP contribution in [0.2, 0.25) is 0 Å². The molecule has 2 heterocycles. The Balaban J connectivity index is 2.16.